The molecule has 2 heterocycles. The summed E-state index contributed by atoms with van der Waals surface area (Å²) in [6.07, 6.45) is 2.68. The summed E-state index contributed by atoms with van der Waals surface area (Å²) in [4.78, 5) is 24.1. The Morgan fingerprint density at radius 3 is 2.67 bits per heavy atom. The van der Waals surface area contributed by atoms with Crippen LogP contribution < -0.4 is 10.1 Å². The van der Waals surface area contributed by atoms with Gasteiger partial charge in [-0.05, 0) is 63.6 Å². The van der Waals surface area contributed by atoms with E-state index in [0.29, 0.717) is 11.3 Å². The third-order valence-electron chi connectivity index (χ3n) is 5.70. The Morgan fingerprint density at radius 2 is 1.97 bits per heavy atom. The lowest BCUT2D eigenvalue weighted by Gasteiger charge is -2.17. The van der Waals surface area contributed by atoms with E-state index in [1.807, 2.05) is 26.0 Å². The second kappa shape index (κ2) is 10.1. The monoisotopic (exact) mass is 448 g/mol. The third kappa shape index (κ3) is 5.73. The Morgan fingerprint density at radius 1 is 1.21 bits per heavy atom. The van der Waals surface area contributed by atoms with Crippen molar-refractivity contribution in [3.63, 3.8) is 0 Å². The molecule has 33 heavy (non-hydrogen) atoms. The van der Waals surface area contributed by atoms with Crippen molar-refractivity contribution < 1.29 is 13.9 Å². The van der Waals surface area contributed by atoms with Gasteiger partial charge in [0.2, 0.25) is 0 Å². The third-order valence-corrected chi connectivity index (χ3v) is 5.70. The Labute approximate surface area is 193 Å². The molecule has 0 radical (unpaired) electrons. The Bertz CT molecular complexity index is 1120. The van der Waals surface area contributed by atoms with Gasteiger partial charge in [-0.3, -0.25) is 9.69 Å². The molecule has 1 saturated heterocycles. The zero-order valence-corrected chi connectivity index (χ0v) is 19.2. The molecule has 1 aromatic heterocycles. The molecule has 1 atom stereocenters. The van der Waals surface area contributed by atoms with Crippen molar-refractivity contribution >= 4 is 11.6 Å². The number of aryl methyl sites for hydroxylation is 1. The van der Waals surface area contributed by atoms with Gasteiger partial charge >= 0.3 is 0 Å². The number of halogens is 1. The summed E-state index contributed by atoms with van der Waals surface area (Å²) in [7, 11) is 0. The first kappa shape index (κ1) is 22.9. The van der Waals surface area contributed by atoms with Crippen molar-refractivity contribution in [2.24, 2.45) is 0 Å². The quantitative estimate of drug-likeness (QED) is 0.554. The Hall–Kier alpha value is -3.32. The highest BCUT2D eigenvalue weighted by Crippen LogP contribution is 2.27. The van der Waals surface area contributed by atoms with Crippen LogP contribution in [0.15, 0.2) is 54.7 Å². The summed E-state index contributed by atoms with van der Waals surface area (Å²) >= 11 is 0. The lowest BCUT2D eigenvalue weighted by Crippen LogP contribution is -2.21. The van der Waals surface area contributed by atoms with E-state index >= 15 is 0 Å². The van der Waals surface area contributed by atoms with E-state index < -0.39 is 11.7 Å². The zero-order valence-electron chi connectivity index (χ0n) is 19.2. The van der Waals surface area contributed by atoms with Gasteiger partial charge in [0.15, 0.2) is 0 Å². The van der Waals surface area contributed by atoms with Crippen LogP contribution in [0.2, 0.25) is 0 Å². The molecule has 1 fully saturated rings. The van der Waals surface area contributed by atoms with Crippen LogP contribution in [-0.4, -0.2) is 40.0 Å². The van der Waals surface area contributed by atoms with Gasteiger partial charge in [-0.1, -0.05) is 24.3 Å². The number of aromatic nitrogens is 2. The predicted octanol–water partition coefficient (Wildman–Crippen LogP) is 4.95. The minimum atomic E-state index is -0.478. The summed E-state index contributed by atoms with van der Waals surface area (Å²) in [6.45, 7) is 8.51. The number of nitrogens with zero attached hydrogens (tertiary/aromatic N) is 3. The van der Waals surface area contributed by atoms with Crippen molar-refractivity contribution in [2.75, 3.05) is 18.4 Å². The Kier molecular flexibility index (Phi) is 6.99. The van der Waals surface area contributed by atoms with Crippen molar-refractivity contribution in [1.82, 2.24) is 14.9 Å². The molecule has 0 spiro atoms. The molecule has 0 saturated carbocycles. The van der Waals surface area contributed by atoms with E-state index in [1.165, 1.54) is 17.7 Å². The largest absolute Gasteiger partial charge is 0.491 e. The minimum absolute atomic E-state index is 0.140. The molecule has 1 N–H and O–H groups in total. The van der Waals surface area contributed by atoms with Gasteiger partial charge in [0.1, 0.15) is 17.4 Å². The minimum Gasteiger partial charge on any atom is -0.491 e. The average molecular weight is 449 g/mol. The van der Waals surface area contributed by atoms with Gasteiger partial charge < -0.3 is 10.1 Å². The van der Waals surface area contributed by atoms with E-state index in [-0.39, 0.29) is 17.7 Å². The summed E-state index contributed by atoms with van der Waals surface area (Å²) in [5.74, 6) is 0.960. The van der Waals surface area contributed by atoms with Gasteiger partial charge in [0.05, 0.1) is 23.0 Å². The Balaban J connectivity index is 1.36. The zero-order chi connectivity index (χ0) is 23.4. The summed E-state index contributed by atoms with van der Waals surface area (Å²) in [5, 5.41) is 2.59. The van der Waals surface area contributed by atoms with Crippen LogP contribution in [0.1, 0.15) is 53.6 Å². The fraction of sp³-hybridized carbons (Fsp3) is 0.346. The summed E-state index contributed by atoms with van der Waals surface area (Å²) in [5.41, 5.74) is 2.32. The number of carbonyl (C=O) groups excluding carboxylic acids is 1. The van der Waals surface area contributed by atoms with Crippen LogP contribution >= 0.6 is 0 Å². The van der Waals surface area contributed by atoms with Crippen molar-refractivity contribution in [1.29, 1.82) is 0 Å². The molecule has 1 aliphatic heterocycles. The van der Waals surface area contributed by atoms with Gasteiger partial charge in [-0.25, -0.2) is 14.4 Å². The van der Waals surface area contributed by atoms with Gasteiger partial charge in [0, 0.05) is 25.2 Å². The molecule has 1 aliphatic rings. The molecule has 0 unspecified atom stereocenters. The SMILES string of the molecule is Cc1nc([C@@H]2CCN(Cc3ccc(OC(C)C)cc3)C2)ncc1C(=O)Nc1ccccc1F. The van der Waals surface area contributed by atoms with Crippen LogP contribution in [-0.2, 0) is 6.54 Å². The number of ether oxygens (including phenoxy) is 1. The van der Waals surface area contributed by atoms with Crippen LogP contribution in [0.3, 0.4) is 0 Å². The molecule has 3 aromatic rings. The number of carbonyl (C=O) groups is 1. The van der Waals surface area contributed by atoms with Crippen molar-refractivity contribution in [3.8, 4) is 5.75 Å². The molecule has 172 valence electrons. The number of hydrogen-bond acceptors (Lipinski definition) is 5. The van der Waals surface area contributed by atoms with Crippen molar-refractivity contribution in [2.45, 2.75) is 45.8 Å². The number of rotatable bonds is 7. The van der Waals surface area contributed by atoms with E-state index in [9.17, 15) is 9.18 Å². The van der Waals surface area contributed by atoms with Crippen LogP contribution in [0, 0.1) is 12.7 Å². The molecule has 7 heteroatoms. The number of likely N-dealkylation sites (tertiary alicyclic amines) is 1. The number of benzene rings is 2. The second-order valence-electron chi connectivity index (χ2n) is 8.69. The number of nitrogens with one attached hydrogen (secondary N) is 1. The van der Waals surface area contributed by atoms with Gasteiger partial charge in [-0.15, -0.1) is 0 Å². The first-order chi connectivity index (χ1) is 15.9. The van der Waals surface area contributed by atoms with Gasteiger partial charge in [-0.2, -0.15) is 0 Å². The molecule has 2 aromatic carbocycles. The summed E-state index contributed by atoms with van der Waals surface area (Å²) in [6, 6.07) is 14.3. The molecule has 6 nitrogen and oxygen atoms in total. The molecule has 0 aliphatic carbocycles. The highest BCUT2D eigenvalue weighted by Gasteiger charge is 2.27. The first-order valence-electron chi connectivity index (χ1n) is 11.3. The standard InChI is InChI=1S/C26H29FN4O2/c1-17(2)33-21-10-8-19(9-11-21)15-31-13-12-20(16-31)25-28-14-22(18(3)29-25)26(32)30-24-7-5-4-6-23(24)27/h4-11,14,17,20H,12-13,15-16H2,1-3H3,(H,30,32)/t20-/m1/s1. The number of amides is 1. The van der Waals surface area contributed by atoms with E-state index in [1.54, 1.807) is 25.3 Å². The normalized spacial score (nSPS) is 16.2. The van der Waals surface area contributed by atoms with E-state index in [0.717, 1.165) is 37.6 Å². The maximum atomic E-state index is 13.8. The predicted molar refractivity (Wildman–Crippen MR) is 126 cm³/mol. The molecular formula is C26H29FN4O2. The molecular weight excluding hydrogens is 419 g/mol. The molecule has 1 amide bonds. The molecule has 4 rings (SSSR count). The van der Waals surface area contributed by atoms with Crippen LogP contribution in [0.4, 0.5) is 10.1 Å². The highest BCUT2D eigenvalue weighted by atomic mass is 19.1. The fourth-order valence-corrected chi connectivity index (χ4v) is 4.05. The summed E-state index contributed by atoms with van der Waals surface area (Å²) < 4.78 is 19.6. The maximum Gasteiger partial charge on any atom is 0.259 e. The lowest BCUT2D eigenvalue weighted by molar-refractivity contribution is 0.102. The smallest absolute Gasteiger partial charge is 0.259 e. The van der Waals surface area contributed by atoms with Crippen LogP contribution in [0.25, 0.3) is 0 Å². The van der Waals surface area contributed by atoms with Gasteiger partial charge in [0.25, 0.3) is 5.91 Å². The number of para-hydroxylation sites is 1. The highest BCUT2D eigenvalue weighted by molar-refractivity contribution is 6.04. The maximum absolute atomic E-state index is 13.8. The molecule has 0 bridgehead atoms. The van der Waals surface area contributed by atoms with Crippen molar-refractivity contribution in [3.05, 3.63) is 83.2 Å². The topological polar surface area (TPSA) is 67.3 Å². The second-order valence-corrected chi connectivity index (χ2v) is 8.69. The number of anilines is 1. The number of hydrogen-bond donors (Lipinski definition) is 1. The fourth-order valence-electron chi connectivity index (χ4n) is 4.05. The van der Waals surface area contributed by atoms with E-state index in [4.69, 9.17) is 4.74 Å². The van der Waals surface area contributed by atoms with E-state index in [2.05, 4.69) is 32.3 Å². The van der Waals surface area contributed by atoms with Crippen LogP contribution in [0.5, 0.6) is 5.75 Å². The average Bonchev–Trinajstić information content (AvgIpc) is 3.25. The lowest BCUT2D eigenvalue weighted by atomic mass is 10.1. The first-order valence-corrected chi connectivity index (χ1v) is 11.3.